The summed E-state index contributed by atoms with van der Waals surface area (Å²) in [5, 5.41) is 0. The molecule has 2 aromatic rings. The molecule has 112 valence electrons. The Hall–Kier alpha value is -2.48. The molecule has 0 aliphatic heterocycles. The highest BCUT2D eigenvalue weighted by Crippen LogP contribution is 2.27. The zero-order valence-corrected chi connectivity index (χ0v) is 13.6. The Morgan fingerprint density at radius 2 is 1.95 bits per heavy atom. The lowest BCUT2D eigenvalue weighted by Gasteiger charge is -2.12. The third-order valence-corrected chi connectivity index (χ3v) is 3.65. The molecule has 0 bridgehead atoms. The fourth-order valence-electron chi connectivity index (χ4n) is 2.60. The van der Waals surface area contributed by atoms with Crippen molar-refractivity contribution in [2.75, 3.05) is 0 Å². The van der Waals surface area contributed by atoms with Crippen molar-refractivity contribution in [1.29, 1.82) is 0 Å². The lowest BCUT2D eigenvalue weighted by atomic mass is 9.96. The van der Waals surface area contributed by atoms with Crippen LogP contribution in [0.3, 0.4) is 0 Å². The van der Waals surface area contributed by atoms with E-state index in [1.54, 1.807) is 13.0 Å². The summed E-state index contributed by atoms with van der Waals surface area (Å²) >= 11 is 0. The fourth-order valence-corrected chi connectivity index (χ4v) is 2.60. The summed E-state index contributed by atoms with van der Waals surface area (Å²) in [6, 6.07) is 8.11. The van der Waals surface area contributed by atoms with Gasteiger partial charge < -0.3 is 0 Å². The Morgan fingerprint density at radius 3 is 2.50 bits per heavy atom. The van der Waals surface area contributed by atoms with Gasteiger partial charge in [0.15, 0.2) is 5.78 Å². The highest BCUT2D eigenvalue weighted by Gasteiger charge is 2.14. The Labute approximate surface area is 132 Å². The molecule has 0 N–H and O–H groups in total. The summed E-state index contributed by atoms with van der Waals surface area (Å²) in [5.41, 5.74) is 6.47. The van der Waals surface area contributed by atoms with Gasteiger partial charge in [0.1, 0.15) is 0 Å². The van der Waals surface area contributed by atoms with E-state index in [0.717, 1.165) is 28.1 Å². The summed E-state index contributed by atoms with van der Waals surface area (Å²) < 4.78 is 0. The molecule has 0 saturated carbocycles. The molecule has 0 saturated heterocycles. The maximum atomic E-state index is 12.0. The first-order valence-electron chi connectivity index (χ1n) is 7.36. The van der Waals surface area contributed by atoms with Gasteiger partial charge in [-0.25, -0.2) is 4.98 Å². The average Bonchev–Trinajstić information content (AvgIpc) is 2.46. The van der Waals surface area contributed by atoms with Crippen molar-refractivity contribution in [2.24, 2.45) is 0 Å². The molecular formula is C20H21NO. The quantitative estimate of drug-likeness (QED) is 0.721. The van der Waals surface area contributed by atoms with Crippen molar-refractivity contribution in [1.82, 2.24) is 4.98 Å². The van der Waals surface area contributed by atoms with E-state index in [1.165, 1.54) is 5.56 Å². The van der Waals surface area contributed by atoms with Crippen molar-refractivity contribution in [3.63, 3.8) is 0 Å². The molecule has 0 aliphatic carbocycles. The second-order valence-electron chi connectivity index (χ2n) is 5.43. The van der Waals surface area contributed by atoms with Gasteiger partial charge in [0, 0.05) is 16.7 Å². The van der Waals surface area contributed by atoms with E-state index in [0.29, 0.717) is 5.56 Å². The lowest BCUT2D eigenvalue weighted by molar-refractivity contribution is 0.101. The van der Waals surface area contributed by atoms with Gasteiger partial charge in [-0.2, -0.15) is 0 Å². The Balaban J connectivity index is 2.77. The number of hydrogen-bond acceptors (Lipinski definition) is 2. The standard InChI is InChI=1S/C20H21NO/c1-6-8-19-16(7-2)18(15(5)22)12-20(21-19)17-10-9-13(3)11-14(17)4/h6-12H,2H2,1,3-5H3/b8-6-. The number of aryl methyl sites for hydroxylation is 2. The zero-order valence-electron chi connectivity index (χ0n) is 13.6. The van der Waals surface area contributed by atoms with Crippen LogP contribution in [0.4, 0.5) is 0 Å². The molecule has 0 unspecified atom stereocenters. The molecule has 1 heterocycles. The minimum atomic E-state index is 0.0223. The Bertz CT molecular complexity index is 770. The number of carbonyl (C=O) groups is 1. The first kappa shape index (κ1) is 15.9. The molecule has 0 radical (unpaired) electrons. The van der Waals surface area contributed by atoms with E-state index < -0.39 is 0 Å². The predicted molar refractivity (Wildman–Crippen MR) is 94.0 cm³/mol. The van der Waals surface area contributed by atoms with Crippen molar-refractivity contribution in [3.8, 4) is 11.3 Å². The van der Waals surface area contributed by atoms with Crippen LogP contribution in [0.25, 0.3) is 23.4 Å². The third-order valence-electron chi connectivity index (χ3n) is 3.65. The van der Waals surface area contributed by atoms with Crippen LogP contribution in [-0.4, -0.2) is 10.8 Å². The smallest absolute Gasteiger partial charge is 0.160 e. The number of benzene rings is 1. The minimum Gasteiger partial charge on any atom is -0.294 e. The molecule has 0 spiro atoms. The van der Waals surface area contributed by atoms with Gasteiger partial charge in [-0.15, -0.1) is 0 Å². The number of rotatable bonds is 4. The van der Waals surface area contributed by atoms with Gasteiger partial charge in [0.05, 0.1) is 11.4 Å². The number of allylic oxidation sites excluding steroid dienone is 1. The Morgan fingerprint density at radius 1 is 1.23 bits per heavy atom. The van der Waals surface area contributed by atoms with Crippen LogP contribution in [0.2, 0.25) is 0 Å². The van der Waals surface area contributed by atoms with E-state index in [1.807, 2.05) is 25.1 Å². The monoisotopic (exact) mass is 291 g/mol. The molecule has 0 atom stereocenters. The third kappa shape index (κ3) is 3.06. The fraction of sp³-hybridized carbons (Fsp3) is 0.200. The summed E-state index contributed by atoms with van der Waals surface area (Å²) in [6.07, 6.45) is 5.53. The lowest BCUT2D eigenvalue weighted by Crippen LogP contribution is -2.03. The van der Waals surface area contributed by atoms with E-state index in [9.17, 15) is 4.79 Å². The first-order chi connectivity index (χ1) is 10.5. The maximum Gasteiger partial charge on any atom is 0.160 e. The number of Topliss-reactive ketones (excluding diaryl/α,β-unsaturated/α-hetero) is 1. The van der Waals surface area contributed by atoms with Crippen LogP contribution in [-0.2, 0) is 0 Å². The van der Waals surface area contributed by atoms with Gasteiger partial charge in [-0.1, -0.05) is 42.5 Å². The highest BCUT2D eigenvalue weighted by atomic mass is 16.1. The molecule has 2 rings (SSSR count). The van der Waals surface area contributed by atoms with E-state index >= 15 is 0 Å². The molecule has 0 aliphatic rings. The van der Waals surface area contributed by atoms with Crippen molar-refractivity contribution in [2.45, 2.75) is 27.7 Å². The largest absolute Gasteiger partial charge is 0.294 e. The number of pyridine rings is 1. The van der Waals surface area contributed by atoms with Crippen LogP contribution in [0.1, 0.15) is 46.6 Å². The van der Waals surface area contributed by atoms with Gasteiger partial charge >= 0.3 is 0 Å². The molecule has 0 fully saturated rings. The number of hydrogen-bond donors (Lipinski definition) is 0. The van der Waals surface area contributed by atoms with Crippen LogP contribution in [0, 0.1) is 13.8 Å². The molecule has 22 heavy (non-hydrogen) atoms. The van der Waals surface area contributed by atoms with Gasteiger partial charge in [-0.05, 0) is 45.4 Å². The molecule has 1 aromatic carbocycles. The molecule has 2 heteroatoms. The molecule has 2 nitrogen and oxygen atoms in total. The topological polar surface area (TPSA) is 30.0 Å². The molecule has 1 aromatic heterocycles. The highest BCUT2D eigenvalue weighted by molar-refractivity contribution is 5.99. The van der Waals surface area contributed by atoms with Gasteiger partial charge in [0.25, 0.3) is 0 Å². The van der Waals surface area contributed by atoms with Crippen molar-refractivity contribution >= 4 is 17.9 Å². The Kier molecular flexibility index (Phi) is 4.71. The number of carbonyl (C=O) groups excluding carboxylic acids is 1. The summed E-state index contributed by atoms with van der Waals surface area (Å²) in [7, 11) is 0. The summed E-state index contributed by atoms with van der Waals surface area (Å²) in [6.45, 7) is 11.5. The number of aromatic nitrogens is 1. The number of ketones is 1. The zero-order chi connectivity index (χ0) is 16.3. The van der Waals surface area contributed by atoms with E-state index in [-0.39, 0.29) is 5.78 Å². The van der Waals surface area contributed by atoms with Gasteiger partial charge in [-0.3, -0.25) is 4.79 Å². The average molecular weight is 291 g/mol. The van der Waals surface area contributed by atoms with Crippen molar-refractivity contribution < 1.29 is 4.79 Å². The SMILES string of the molecule is C=Cc1c(C(C)=O)cc(-c2ccc(C)cc2C)nc1/C=C\C. The van der Waals surface area contributed by atoms with Crippen molar-refractivity contribution in [3.05, 3.63) is 64.9 Å². The van der Waals surface area contributed by atoms with Crippen LogP contribution in [0.15, 0.2) is 36.9 Å². The molecule has 0 amide bonds. The van der Waals surface area contributed by atoms with Crippen LogP contribution in [0.5, 0.6) is 0 Å². The minimum absolute atomic E-state index is 0.0223. The summed E-state index contributed by atoms with van der Waals surface area (Å²) in [5.74, 6) is 0.0223. The second-order valence-corrected chi connectivity index (χ2v) is 5.43. The molecular weight excluding hydrogens is 270 g/mol. The number of nitrogens with zero attached hydrogens (tertiary/aromatic N) is 1. The van der Waals surface area contributed by atoms with Gasteiger partial charge in [0.2, 0.25) is 0 Å². The van der Waals surface area contributed by atoms with Crippen LogP contribution < -0.4 is 0 Å². The maximum absolute atomic E-state index is 12.0. The summed E-state index contributed by atoms with van der Waals surface area (Å²) in [4.78, 5) is 16.7. The second kappa shape index (κ2) is 6.52. The van der Waals surface area contributed by atoms with E-state index in [2.05, 4.69) is 38.6 Å². The van der Waals surface area contributed by atoms with Crippen LogP contribution >= 0.6 is 0 Å². The van der Waals surface area contributed by atoms with E-state index in [4.69, 9.17) is 4.98 Å². The predicted octanol–water partition coefficient (Wildman–Crippen LogP) is 5.24. The normalized spacial score (nSPS) is 10.9. The first-order valence-corrected chi connectivity index (χ1v) is 7.36.